The molecule has 0 bridgehead atoms. The minimum Gasteiger partial charge on any atom is -0.482 e. The molecule has 2 N–H and O–H groups in total. The van der Waals surface area contributed by atoms with Crippen molar-refractivity contribution in [1.29, 1.82) is 5.26 Å². The Bertz CT molecular complexity index is 1020. The van der Waals surface area contributed by atoms with Gasteiger partial charge in [-0.1, -0.05) is 12.1 Å². The zero-order valence-electron chi connectivity index (χ0n) is 22.1. The van der Waals surface area contributed by atoms with Crippen molar-refractivity contribution in [2.45, 2.75) is 71.2 Å². The van der Waals surface area contributed by atoms with Gasteiger partial charge >= 0.3 is 5.97 Å². The van der Waals surface area contributed by atoms with E-state index in [0.717, 1.165) is 56.7 Å². The van der Waals surface area contributed by atoms with E-state index in [4.69, 9.17) is 15.2 Å². The van der Waals surface area contributed by atoms with Crippen molar-refractivity contribution < 1.29 is 14.3 Å². The lowest BCUT2D eigenvalue weighted by Gasteiger charge is -2.40. The first kappa shape index (κ1) is 27.5. The number of esters is 1. The number of benzene rings is 2. The Morgan fingerprint density at radius 1 is 1.19 bits per heavy atom. The first-order valence-corrected chi connectivity index (χ1v) is 12.8. The number of likely N-dealkylation sites (tertiary alicyclic amines) is 1. The molecule has 0 saturated carbocycles. The molecule has 0 amide bonds. The van der Waals surface area contributed by atoms with Crippen LogP contribution in [0.1, 0.15) is 58.1 Å². The topological polar surface area (TPSA) is 91.8 Å². The van der Waals surface area contributed by atoms with Crippen molar-refractivity contribution in [1.82, 2.24) is 4.90 Å². The maximum atomic E-state index is 12.0. The molecule has 7 nitrogen and oxygen atoms in total. The predicted molar refractivity (Wildman–Crippen MR) is 143 cm³/mol. The summed E-state index contributed by atoms with van der Waals surface area (Å²) < 4.78 is 11.0. The van der Waals surface area contributed by atoms with Crippen LogP contribution in [-0.4, -0.2) is 54.8 Å². The van der Waals surface area contributed by atoms with Crippen LogP contribution in [0.15, 0.2) is 48.5 Å². The Balaban J connectivity index is 1.70. The van der Waals surface area contributed by atoms with Crippen molar-refractivity contribution in [3.63, 3.8) is 0 Å². The summed E-state index contributed by atoms with van der Waals surface area (Å²) in [6.07, 6.45) is 3.14. The largest absolute Gasteiger partial charge is 0.482 e. The molecule has 194 valence electrons. The maximum absolute atomic E-state index is 12.0. The van der Waals surface area contributed by atoms with E-state index < -0.39 is 5.60 Å². The highest BCUT2D eigenvalue weighted by Gasteiger charge is 2.25. The van der Waals surface area contributed by atoms with Crippen LogP contribution in [0.5, 0.6) is 5.75 Å². The quantitative estimate of drug-likeness (QED) is 0.489. The number of nitriles is 1. The lowest BCUT2D eigenvalue weighted by Crippen LogP contribution is -2.45. The third kappa shape index (κ3) is 8.85. The monoisotopic (exact) mass is 492 g/mol. The molecular formula is C29H40N4O3. The second-order valence-corrected chi connectivity index (χ2v) is 10.6. The summed E-state index contributed by atoms with van der Waals surface area (Å²) in [7, 11) is 0. The van der Waals surface area contributed by atoms with E-state index >= 15 is 0 Å². The number of rotatable bonds is 10. The normalized spacial score (nSPS) is 15.7. The van der Waals surface area contributed by atoms with Gasteiger partial charge in [0, 0.05) is 37.4 Å². The average Bonchev–Trinajstić information content (AvgIpc) is 2.85. The zero-order valence-corrected chi connectivity index (χ0v) is 22.1. The van der Waals surface area contributed by atoms with E-state index in [1.165, 1.54) is 0 Å². The van der Waals surface area contributed by atoms with Crippen molar-refractivity contribution >= 4 is 11.7 Å². The van der Waals surface area contributed by atoms with Crippen LogP contribution in [0, 0.1) is 11.3 Å². The number of carbonyl (C=O) groups is 1. The van der Waals surface area contributed by atoms with Crippen molar-refractivity contribution in [2.75, 3.05) is 31.1 Å². The number of carbonyl (C=O) groups excluding carboxylic acids is 1. The molecule has 2 aromatic carbocycles. The van der Waals surface area contributed by atoms with E-state index in [1.54, 1.807) is 0 Å². The second kappa shape index (κ2) is 12.8. The summed E-state index contributed by atoms with van der Waals surface area (Å²) >= 11 is 0. The van der Waals surface area contributed by atoms with Gasteiger partial charge < -0.3 is 25.0 Å². The standard InChI is InChI=1S/C29H40N4O3/c1-22(31)12-15-32-16-13-26(14-17-32)33(20-24-7-5-6-23(18-24)19-30)25-8-10-27(11-9-25)35-21-28(34)36-29(2,3)4/h5-11,18,22,26H,12-17,20-21,31H2,1-4H3. The molecule has 2 aromatic rings. The zero-order chi connectivity index (χ0) is 26.1. The highest BCUT2D eigenvalue weighted by molar-refractivity contribution is 5.71. The molecule has 1 aliphatic rings. The Hall–Kier alpha value is -3.08. The first-order valence-electron chi connectivity index (χ1n) is 12.8. The molecule has 0 aromatic heterocycles. The molecule has 0 aliphatic carbocycles. The minimum absolute atomic E-state index is 0.124. The van der Waals surface area contributed by atoms with Gasteiger partial charge in [-0.25, -0.2) is 4.79 Å². The minimum atomic E-state index is -0.536. The number of piperidine rings is 1. The fourth-order valence-corrected chi connectivity index (χ4v) is 4.46. The highest BCUT2D eigenvalue weighted by atomic mass is 16.6. The Labute approximate surface area is 215 Å². The van der Waals surface area contributed by atoms with Crippen LogP contribution >= 0.6 is 0 Å². The first-order chi connectivity index (χ1) is 17.1. The van der Waals surface area contributed by atoms with Gasteiger partial charge in [0.05, 0.1) is 11.6 Å². The van der Waals surface area contributed by atoms with Crippen LogP contribution in [0.4, 0.5) is 5.69 Å². The van der Waals surface area contributed by atoms with Gasteiger partial charge in [-0.05, 0) is 95.5 Å². The number of hydrogen-bond acceptors (Lipinski definition) is 7. The van der Waals surface area contributed by atoms with Gasteiger partial charge in [0.2, 0.25) is 0 Å². The second-order valence-electron chi connectivity index (χ2n) is 10.6. The van der Waals surface area contributed by atoms with Crippen LogP contribution in [0.2, 0.25) is 0 Å². The summed E-state index contributed by atoms with van der Waals surface area (Å²) in [4.78, 5) is 16.9. The molecule has 0 radical (unpaired) electrons. The molecular weight excluding hydrogens is 452 g/mol. The highest BCUT2D eigenvalue weighted by Crippen LogP contribution is 2.28. The predicted octanol–water partition coefficient (Wildman–Crippen LogP) is 4.49. The number of nitrogens with two attached hydrogens (primary N) is 1. The Kier molecular flexibility index (Phi) is 9.74. The third-order valence-corrected chi connectivity index (χ3v) is 6.25. The maximum Gasteiger partial charge on any atom is 0.344 e. The van der Waals surface area contributed by atoms with Gasteiger partial charge in [-0.15, -0.1) is 0 Å². The van der Waals surface area contributed by atoms with Gasteiger partial charge in [0.25, 0.3) is 0 Å². The smallest absolute Gasteiger partial charge is 0.344 e. The van der Waals surface area contributed by atoms with Gasteiger partial charge in [-0.3, -0.25) is 0 Å². The van der Waals surface area contributed by atoms with Crippen molar-refractivity contribution in [2.24, 2.45) is 5.73 Å². The lowest BCUT2D eigenvalue weighted by atomic mass is 10.00. The van der Waals surface area contributed by atoms with Crippen molar-refractivity contribution in [3.05, 3.63) is 59.7 Å². The molecule has 0 spiro atoms. The molecule has 1 atom stereocenters. The molecule has 36 heavy (non-hydrogen) atoms. The molecule has 1 fully saturated rings. The molecule has 7 heteroatoms. The van der Waals surface area contributed by atoms with Crippen LogP contribution < -0.4 is 15.4 Å². The van der Waals surface area contributed by atoms with Crippen molar-refractivity contribution in [3.8, 4) is 11.8 Å². The van der Waals surface area contributed by atoms with E-state index in [1.807, 2.05) is 63.2 Å². The summed E-state index contributed by atoms with van der Waals surface area (Å²) in [5, 5.41) is 9.34. The fourth-order valence-electron chi connectivity index (χ4n) is 4.46. The summed E-state index contributed by atoms with van der Waals surface area (Å²) in [6.45, 7) is 11.3. The molecule has 1 heterocycles. The fraction of sp³-hybridized carbons (Fsp3) is 0.517. The molecule has 1 aliphatic heterocycles. The Morgan fingerprint density at radius 3 is 2.50 bits per heavy atom. The van der Waals surface area contributed by atoms with E-state index in [-0.39, 0.29) is 18.6 Å². The average molecular weight is 493 g/mol. The summed E-state index contributed by atoms with van der Waals surface area (Å²) in [5.41, 5.74) is 8.29. The third-order valence-electron chi connectivity index (χ3n) is 6.25. The van der Waals surface area contributed by atoms with Gasteiger partial charge in [-0.2, -0.15) is 5.26 Å². The van der Waals surface area contributed by atoms with E-state index in [2.05, 4.69) is 28.9 Å². The molecule has 1 unspecified atom stereocenters. The van der Waals surface area contributed by atoms with E-state index in [9.17, 15) is 10.1 Å². The number of hydrogen-bond donors (Lipinski definition) is 1. The van der Waals surface area contributed by atoms with Gasteiger partial charge in [0.15, 0.2) is 6.61 Å². The molecule has 1 saturated heterocycles. The summed E-state index contributed by atoms with van der Waals surface area (Å²) in [5.74, 6) is 0.239. The van der Waals surface area contributed by atoms with E-state index in [0.29, 0.717) is 17.4 Å². The Morgan fingerprint density at radius 2 is 1.89 bits per heavy atom. The van der Waals surface area contributed by atoms with Crippen LogP contribution in [-0.2, 0) is 16.1 Å². The van der Waals surface area contributed by atoms with Crippen LogP contribution in [0.25, 0.3) is 0 Å². The number of nitrogens with zero attached hydrogens (tertiary/aromatic N) is 3. The number of anilines is 1. The SMILES string of the molecule is CC(N)CCN1CCC(N(Cc2cccc(C#N)c2)c2ccc(OCC(=O)OC(C)(C)C)cc2)CC1. The molecule has 3 rings (SSSR count). The van der Waals surface area contributed by atoms with Crippen LogP contribution in [0.3, 0.4) is 0 Å². The van der Waals surface area contributed by atoms with Gasteiger partial charge in [0.1, 0.15) is 11.4 Å². The summed E-state index contributed by atoms with van der Waals surface area (Å²) in [6, 6.07) is 18.5. The number of ether oxygens (including phenoxy) is 2. The lowest BCUT2D eigenvalue weighted by molar-refractivity contribution is -0.157.